The summed E-state index contributed by atoms with van der Waals surface area (Å²) in [5.74, 6) is -0.829. The first-order chi connectivity index (χ1) is 8.31. The van der Waals surface area contributed by atoms with Crippen molar-refractivity contribution in [1.82, 2.24) is 0 Å². The summed E-state index contributed by atoms with van der Waals surface area (Å²) in [5.41, 5.74) is -2.15. The van der Waals surface area contributed by atoms with Gasteiger partial charge in [-0.05, 0) is 19.1 Å². The molecule has 0 fully saturated rings. The second-order valence-corrected chi connectivity index (χ2v) is 3.62. The Morgan fingerprint density at radius 3 is 2.56 bits per heavy atom. The van der Waals surface area contributed by atoms with Crippen molar-refractivity contribution in [2.45, 2.75) is 13.1 Å². The van der Waals surface area contributed by atoms with Gasteiger partial charge in [0.05, 0.1) is 34.4 Å². The number of carbonyl (C=O) groups is 1. The largest absolute Gasteiger partial charge is 0.462 e. The maximum atomic E-state index is 12.6. The van der Waals surface area contributed by atoms with Gasteiger partial charge in [0.25, 0.3) is 0 Å². The minimum absolute atomic E-state index is 0.0688. The van der Waals surface area contributed by atoms with Crippen LogP contribution in [0.25, 0.3) is 0 Å². The molecule has 0 bridgehead atoms. The van der Waals surface area contributed by atoms with Gasteiger partial charge in [-0.3, -0.25) is 0 Å². The van der Waals surface area contributed by atoms with Gasteiger partial charge in [0.1, 0.15) is 0 Å². The SMILES string of the molecule is CCOC(=O)c1cc(Cl)c(C(F)(F)F)c(C#N)c1. The van der Waals surface area contributed by atoms with Crippen molar-refractivity contribution in [3.05, 3.63) is 33.8 Å². The fraction of sp³-hybridized carbons (Fsp3) is 0.273. The van der Waals surface area contributed by atoms with E-state index < -0.39 is 28.3 Å². The molecule has 1 aromatic carbocycles. The molecule has 1 rings (SSSR count). The van der Waals surface area contributed by atoms with Crippen molar-refractivity contribution in [2.75, 3.05) is 6.61 Å². The first-order valence-electron chi connectivity index (χ1n) is 4.79. The van der Waals surface area contributed by atoms with Crippen LogP contribution < -0.4 is 0 Å². The number of hydrogen-bond donors (Lipinski definition) is 0. The maximum Gasteiger partial charge on any atom is 0.419 e. The summed E-state index contributed by atoms with van der Waals surface area (Å²) >= 11 is 5.46. The molecule has 18 heavy (non-hydrogen) atoms. The lowest BCUT2D eigenvalue weighted by molar-refractivity contribution is -0.137. The zero-order valence-electron chi connectivity index (χ0n) is 9.14. The monoisotopic (exact) mass is 277 g/mol. The molecule has 0 saturated carbocycles. The van der Waals surface area contributed by atoms with Crippen LogP contribution in [0.1, 0.15) is 28.4 Å². The molecular weight excluding hydrogens is 271 g/mol. The van der Waals surface area contributed by atoms with Gasteiger partial charge in [0.15, 0.2) is 0 Å². The van der Waals surface area contributed by atoms with E-state index in [2.05, 4.69) is 4.74 Å². The molecule has 0 heterocycles. The number of hydrogen-bond acceptors (Lipinski definition) is 3. The summed E-state index contributed by atoms with van der Waals surface area (Å²) in [7, 11) is 0. The topological polar surface area (TPSA) is 50.1 Å². The Bertz CT molecular complexity index is 520. The third-order valence-electron chi connectivity index (χ3n) is 2.01. The molecule has 0 unspecified atom stereocenters. The van der Waals surface area contributed by atoms with Crippen LogP contribution >= 0.6 is 11.6 Å². The van der Waals surface area contributed by atoms with E-state index in [0.29, 0.717) is 0 Å². The standard InChI is InChI=1S/C11H7ClF3NO2/c1-2-18-10(17)6-3-7(5-16)9(8(12)4-6)11(13,14)15/h3-4H,2H2,1H3. The number of benzene rings is 1. The normalized spacial score (nSPS) is 10.9. The molecule has 0 N–H and O–H groups in total. The predicted molar refractivity (Wildman–Crippen MR) is 57.1 cm³/mol. The summed E-state index contributed by atoms with van der Waals surface area (Å²) in [6.07, 6.45) is -4.75. The van der Waals surface area contributed by atoms with Crippen molar-refractivity contribution in [1.29, 1.82) is 5.26 Å². The predicted octanol–water partition coefficient (Wildman–Crippen LogP) is 3.41. The summed E-state index contributed by atoms with van der Waals surface area (Å²) in [6, 6.07) is 3.02. The van der Waals surface area contributed by atoms with Crippen molar-refractivity contribution in [3.63, 3.8) is 0 Å². The molecule has 96 valence electrons. The second-order valence-electron chi connectivity index (χ2n) is 3.21. The van der Waals surface area contributed by atoms with Crippen LogP contribution in [0.3, 0.4) is 0 Å². The Labute approximate surface area is 106 Å². The van der Waals surface area contributed by atoms with Crippen molar-refractivity contribution >= 4 is 17.6 Å². The highest BCUT2D eigenvalue weighted by Gasteiger charge is 2.37. The van der Waals surface area contributed by atoms with Crippen molar-refractivity contribution in [2.24, 2.45) is 0 Å². The van der Waals surface area contributed by atoms with Gasteiger partial charge in [-0.25, -0.2) is 4.79 Å². The van der Waals surface area contributed by atoms with E-state index in [0.717, 1.165) is 12.1 Å². The third kappa shape index (κ3) is 2.93. The number of carbonyl (C=O) groups excluding carboxylic acids is 1. The molecule has 0 aromatic heterocycles. The van der Waals surface area contributed by atoms with Gasteiger partial charge in [0, 0.05) is 0 Å². The van der Waals surface area contributed by atoms with E-state index in [-0.39, 0.29) is 12.2 Å². The molecule has 0 aliphatic rings. The van der Waals surface area contributed by atoms with E-state index >= 15 is 0 Å². The van der Waals surface area contributed by atoms with Gasteiger partial charge in [-0.1, -0.05) is 11.6 Å². The highest BCUT2D eigenvalue weighted by atomic mass is 35.5. The van der Waals surface area contributed by atoms with E-state index in [9.17, 15) is 18.0 Å². The molecule has 0 saturated heterocycles. The number of alkyl halides is 3. The van der Waals surface area contributed by atoms with Crippen LogP contribution in [-0.2, 0) is 10.9 Å². The van der Waals surface area contributed by atoms with Gasteiger partial charge in [-0.15, -0.1) is 0 Å². The van der Waals surface area contributed by atoms with Gasteiger partial charge >= 0.3 is 12.1 Å². The lowest BCUT2D eigenvalue weighted by atomic mass is 10.0. The molecule has 0 amide bonds. The molecule has 7 heteroatoms. The van der Waals surface area contributed by atoms with E-state index in [1.54, 1.807) is 6.92 Å². The van der Waals surface area contributed by atoms with Gasteiger partial charge < -0.3 is 4.74 Å². The lowest BCUT2D eigenvalue weighted by Gasteiger charge is -2.12. The van der Waals surface area contributed by atoms with Crippen LogP contribution in [0.5, 0.6) is 0 Å². The van der Waals surface area contributed by atoms with Crippen LogP contribution in [-0.4, -0.2) is 12.6 Å². The smallest absolute Gasteiger partial charge is 0.419 e. The van der Waals surface area contributed by atoms with Crippen LogP contribution in [0, 0.1) is 11.3 Å². The van der Waals surface area contributed by atoms with E-state index in [1.165, 1.54) is 6.07 Å². The first-order valence-corrected chi connectivity index (χ1v) is 5.17. The van der Waals surface area contributed by atoms with Crippen LogP contribution in [0.2, 0.25) is 5.02 Å². The summed E-state index contributed by atoms with van der Waals surface area (Å²) in [5, 5.41) is 7.98. The molecular formula is C11H7ClF3NO2. The summed E-state index contributed by atoms with van der Waals surface area (Å²) < 4.78 is 42.5. The number of esters is 1. The molecule has 0 radical (unpaired) electrons. The minimum atomic E-state index is -4.75. The summed E-state index contributed by atoms with van der Waals surface area (Å²) in [6.45, 7) is 1.62. The zero-order chi connectivity index (χ0) is 13.9. The highest BCUT2D eigenvalue weighted by molar-refractivity contribution is 6.32. The number of nitrogens with zero attached hydrogens (tertiary/aromatic N) is 1. The molecule has 0 atom stereocenters. The van der Waals surface area contributed by atoms with Crippen LogP contribution in [0.4, 0.5) is 13.2 Å². The summed E-state index contributed by atoms with van der Waals surface area (Å²) in [4.78, 5) is 11.4. The van der Waals surface area contributed by atoms with E-state index in [4.69, 9.17) is 16.9 Å². The van der Waals surface area contributed by atoms with Gasteiger partial charge in [0.2, 0.25) is 0 Å². The maximum absolute atomic E-state index is 12.6. The Morgan fingerprint density at radius 1 is 1.50 bits per heavy atom. The Balaban J connectivity index is 3.38. The third-order valence-corrected chi connectivity index (χ3v) is 2.30. The molecule has 0 aliphatic heterocycles. The average molecular weight is 278 g/mol. The minimum Gasteiger partial charge on any atom is -0.462 e. The van der Waals surface area contributed by atoms with Crippen LogP contribution in [0.15, 0.2) is 12.1 Å². The number of nitriles is 1. The Hall–Kier alpha value is -1.74. The molecule has 1 aromatic rings. The quantitative estimate of drug-likeness (QED) is 0.778. The fourth-order valence-corrected chi connectivity index (χ4v) is 1.64. The molecule has 0 aliphatic carbocycles. The number of rotatable bonds is 2. The highest BCUT2D eigenvalue weighted by Crippen LogP contribution is 2.37. The fourth-order valence-electron chi connectivity index (χ4n) is 1.32. The number of halogens is 4. The molecule has 0 spiro atoms. The second kappa shape index (κ2) is 5.27. The van der Waals surface area contributed by atoms with Crippen molar-refractivity contribution < 1.29 is 22.7 Å². The Morgan fingerprint density at radius 2 is 2.11 bits per heavy atom. The first kappa shape index (κ1) is 14.3. The van der Waals surface area contributed by atoms with E-state index in [1.807, 2.05) is 0 Å². The number of ether oxygens (including phenoxy) is 1. The Kier molecular flexibility index (Phi) is 4.19. The zero-order valence-corrected chi connectivity index (χ0v) is 9.89. The molecule has 3 nitrogen and oxygen atoms in total. The lowest BCUT2D eigenvalue weighted by Crippen LogP contribution is -2.12. The van der Waals surface area contributed by atoms with Gasteiger partial charge in [-0.2, -0.15) is 18.4 Å². The van der Waals surface area contributed by atoms with Crippen molar-refractivity contribution in [3.8, 4) is 6.07 Å². The average Bonchev–Trinajstić information content (AvgIpc) is 2.26.